The van der Waals surface area contributed by atoms with Crippen molar-refractivity contribution in [3.63, 3.8) is 0 Å². The van der Waals surface area contributed by atoms with Gasteiger partial charge in [0.15, 0.2) is 0 Å². The molecular formula is C17H18ClF3N2O. The molecule has 0 saturated heterocycles. The van der Waals surface area contributed by atoms with Crippen LogP contribution in [-0.2, 0) is 10.9 Å². The Balaban J connectivity index is 2.51. The Morgan fingerprint density at radius 2 is 1.92 bits per heavy atom. The summed E-state index contributed by atoms with van der Waals surface area (Å²) in [6.45, 7) is 3.47. The highest BCUT2D eigenvalue weighted by atomic mass is 35.5. The minimum Gasteiger partial charge on any atom is -0.467 e. The minimum absolute atomic E-state index is 0.0805. The summed E-state index contributed by atoms with van der Waals surface area (Å²) in [6, 6.07) is 4.18. The normalized spacial score (nSPS) is 16.1. The number of amidine groups is 1. The lowest BCUT2D eigenvalue weighted by molar-refractivity contribution is -0.138. The fourth-order valence-corrected chi connectivity index (χ4v) is 2.62. The highest BCUT2D eigenvalue weighted by molar-refractivity contribution is 6.30. The Hall–Kier alpha value is -1.82. The van der Waals surface area contributed by atoms with Crippen LogP contribution in [0.25, 0.3) is 0 Å². The number of nitrogens with zero attached hydrogens (tertiary/aromatic N) is 2. The maximum Gasteiger partial charge on any atom is 0.416 e. The van der Waals surface area contributed by atoms with Gasteiger partial charge in [-0.15, -0.1) is 0 Å². The number of hydrogen-bond acceptors (Lipinski definition) is 3. The zero-order chi connectivity index (χ0) is 17.9. The molecule has 2 rings (SSSR count). The summed E-state index contributed by atoms with van der Waals surface area (Å²) in [4.78, 5) is 8.30. The highest BCUT2D eigenvalue weighted by Crippen LogP contribution is 2.36. The van der Waals surface area contributed by atoms with Crippen molar-refractivity contribution in [1.82, 2.24) is 0 Å². The van der Waals surface area contributed by atoms with Gasteiger partial charge in [-0.25, -0.2) is 0 Å². The Morgan fingerprint density at radius 3 is 2.50 bits per heavy atom. The second-order valence-corrected chi connectivity index (χ2v) is 6.06. The van der Waals surface area contributed by atoms with Gasteiger partial charge in [-0.2, -0.15) is 23.2 Å². The number of aliphatic imine (C=N–C) groups is 2. The Labute approximate surface area is 143 Å². The highest BCUT2D eigenvalue weighted by Gasteiger charge is 2.34. The maximum atomic E-state index is 13.2. The van der Waals surface area contributed by atoms with E-state index in [9.17, 15) is 13.2 Å². The maximum absolute atomic E-state index is 13.2. The third kappa shape index (κ3) is 4.38. The van der Waals surface area contributed by atoms with E-state index in [2.05, 4.69) is 9.98 Å². The fourth-order valence-electron chi connectivity index (χ4n) is 2.44. The van der Waals surface area contributed by atoms with Gasteiger partial charge >= 0.3 is 12.2 Å². The third-order valence-corrected chi connectivity index (χ3v) is 3.86. The van der Waals surface area contributed by atoms with Crippen LogP contribution >= 0.6 is 11.6 Å². The number of halogens is 4. The van der Waals surface area contributed by atoms with Crippen LogP contribution in [0.2, 0.25) is 0 Å². The van der Waals surface area contributed by atoms with Crippen LogP contribution in [0.3, 0.4) is 0 Å². The van der Waals surface area contributed by atoms with Crippen molar-refractivity contribution >= 4 is 23.3 Å². The number of hydrogen-bond donors (Lipinski definition) is 0. The molecule has 3 nitrogen and oxygen atoms in total. The van der Waals surface area contributed by atoms with Crippen LogP contribution in [0.4, 0.5) is 13.2 Å². The first-order valence-corrected chi connectivity index (χ1v) is 7.87. The van der Waals surface area contributed by atoms with Gasteiger partial charge in [0.2, 0.25) is 0 Å². The van der Waals surface area contributed by atoms with E-state index in [0.717, 1.165) is 6.07 Å². The van der Waals surface area contributed by atoms with E-state index < -0.39 is 11.7 Å². The average Bonchev–Trinajstić information content (AvgIpc) is 2.49. The van der Waals surface area contributed by atoms with Crippen molar-refractivity contribution in [2.45, 2.75) is 38.8 Å². The van der Waals surface area contributed by atoms with Crippen molar-refractivity contribution in [3.05, 3.63) is 46.1 Å². The van der Waals surface area contributed by atoms with E-state index >= 15 is 0 Å². The molecule has 7 heteroatoms. The fraction of sp³-hybridized carbons (Fsp3) is 0.412. The molecule has 1 aliphatic heterocycles. The molecule has 1 aromatic carbocycles. The summed E-state index contributed by atoms with van der Waals surface area (Å²) in [6.07, 6.45) is -1.53. The SMILES string of the molecule is COC1=NC(Cl)=CCCC(c2ccc(C(F)(F)F)c(C(C)C)c2)=N1. The number of methoxy groups -OCH3 is 1. The molecule has 0 spiro atoms. The van der Waals surface area contributed by atoms with Crippen LogP contribution in [0, 0.1) is 0 Å². The molecule has 130 valence electrons. The lowest BCUT2D eigenvalue weighted by Gasteiger charge is -2.18. The van der Waals surface area contributed by atoms with Gasteiger partial charge in [-0.05, 0) is 48.1 Å². The second-order valence-electron chi connectivity index (χ2n) is 5.68. The van der Waals surface area contributed by atoms with Gasteiger partial charge in [-0.3, -0.25) is 0 Å². The molecule has 24 heavy (non-hydrogen) atoms. The van der Waals surface area contributed by atoms with E-state index in [1.165, 1.54) is 13.2 Å². The zero-order valence-corrected chi connectivity index (χ0v) is 14.4. The molecule has 0 aromatic heterocycles. The first-order valence-electron chi connectivity index (χ1n) is 7.49. The van der Waals surface area contributed by atoms with Crippen molar-refractivity contribution in [3.8, 4) is 0 Å². The first kappa shape index (κ1) is 18.5. The zero-order valence-electron chi connectivity index (χ0n) is 13.6. The second kappa shape index (κ2) is 7.38. The lowest BCUT2D eigenvalue weighted by Crippen LogP contribution is -2.13. The number of allylic oxidation sites excluding steroid dienone is 1. The molecule has 0 radical (unpaired) electrons. The third-order valence-electron chi connectivity index (χ3n) is 3.62. The van der Waals surface area contributed by atoms with E-state index in [4.69, 9.17) is 16.3 Å². The van der Waals surface area contributed by atoms with E-state index in [1.54, 1.807) is 26.0 Å². The molecule has 0 saturated carbocycles. The summed E-state index contributed by atoms with van der Waals surface area (Å²) in [7, 11) is 1.41. The van der Waals surface area contributed by atoms with Gasteiger partial charge in [-0.1, -0.05) is 31.5 Å². The number of benzene rings is 1. The topological polar surface area (TPSA) is 34.0 Å². The minimum atomic E-state index is -4.38. The molecule has 1 heterocycles. The molecule has 0 aliphatic carbocycles. The Bertz CT molecular complexity index is 706. The van der Waals surface area contributed by atoms with E-state index in [0.29, 0.717) is 24.1 Å². The predicted octanol–water partition coefficient (Wildman–Crippen LogP) is 5.49. The van der Waals surface area contributed by atoms with Crippen molar-refractivity contribution in [1.29, 1.82) is 0 Å². The number of rotatable bonds is 2. The number of ether oxygens (including phenoxy) is 1. The monoisotopic (exact) mass is 358 g/mol. The van der Waals surface area contributed by atoms with Gasteiger partial charge in [0.25, 0.3) is 0 Å². The Kier molecular flexibility index (Phi) is 5.70. The lowest BCUT2D eigenvalue weighted by atomic mass is 9.92. The molecule has 0 atom stereocenters. The summed E-state index contributed by atoms with van der Waals surface area (Å²) < 4.78 is 44.6. The van der Waals surface area contributed by atoms with Gasteiger partial charge in [0.05, 0.1) is 18.4 Å². The molecule has 1 aliphatic rings. The summed E-state index contributed by atoms with van der Waals surface area (Å²) in [5.74, 6) is -0.263. The quantitative estimate of drug-likeness (QED) is 0.643. The van der Waals surface area contributed by atoms with Crippen molar-refractivity contribution < 1.29 is 17.9 Å². The molecular weight excluding hydrogens is 341 g/mol. The predicted molar refractivity (Wildman–Crippen MR) is 89.7 cm³/mol. The Morgan fingerprint density at radius 1 is 1.21 bits per heavy atom. The van der Waals surface area contributed by atoms with Crippen LogP contribution < -0.4 is 0 Å². The molecule has 1 aromatic rings. The van der Waals surface area contributed by atoms with Crippen LogP contribution in [0.15, 0.2) is 39.4 Å². The van der Waals surface area contributed by atoms with Gasteiger partial charge in [0.1, 0.15) is 5.16 Å². The largest absolute Gasteiger partial charge is 0.467 e. The van der Waals surface area contributed by atoms with Gasteiger partial charge in [0, 0.05) is 0 Å². The molecule has 0 amide bonds. The van der Waals surface area contributed by atoms with Crippen LogP contribution in [-0.4, -0.2) is 18.8 Å². The summed E-state index contributed by atoms with van der Waals surface area (Å²) >= 11 is 5.90. The van der Waals surface area contributed by atoms with Crippen LogP contribution in [0.5, 0.6) is 0 Å². The first-order chi connectivity index (χ1) is 11.2. The molecule has 0 unspecified atom stereocenters. The van der Waals surface area contributed by atoms with Gasteiger partial charge < -0.3 is 4.74 Å². The molecule has 0 bridgehead atoms. The van der Waals surface area contributed by atoms with Crippen molar-refractivity contribution in [2.24, 2.45) is 9.98 Å². The van der Waals surface area contributed by atoms with Crippen LogP contribution in [0.1, 0.15) is 49.3 Å². The van der Waals surface area contributed by atoms with E-state index in [1.807, 2.05) is 0 Å². The van der Waals surface area contributed by atoms with Crippen molar-refractivity contribution in [2.75, 3.05) is 7.11 Å². The van der Waals surface area contributed by atoms with E-state index in [-0.39, 0.29) is 22.7 Å². The number of alkyl halides is 3. The average molecular weight is 359 g/mol. The smallest absolute Gasteiger partial charge is 0.416 e. The molecule has 0 fully saturated rings. The summed E-state index contributed by atoms with van der Waals surface area (Å²) in [5, 5.41) is 0.282. The summed E-state index contributed by atoms with van der Waals surface area (Å²) in [5.41, 5.74) is 0.875. The molecule has 0 N–H and O–H groups in total. The standard InChI is InChI=1S/C17H18ClF3N2O/c1-10(2)12-9-11(7-8-13(12)17(19,20)21)14-5-4-6-15(18)23-16(22-14)24-3/h6-10H,4-5H2,1-3H3.